The van der Waals surface area contributed by atoms with Crippen molar-refractivity contribution in [2.45, 2.75) is 25.7 Å². The lowest BCUT2D eigenvalue weighted by Crippen LogP contribution is -2.20. The van der Waals surface area contributed by atoms with Crippen LogP contribution in [0.1, 0.15) is 19.6 Å². The summed E-state index contributed by atoms with van der Waals surface area (Å²) in [5.74, 6) is -0.709. The Kier molecular flexibility index (Phi) is 3.42. The molecule has 0 fully saturated rings. The fourth-order valence-corrected chi connectivity index (χ4v) is 3.11. The molecule has 1 rings (SSSR count). The summed E-state index contributed by atoms with van der Waals surface area (Å²) in [6.45, 7) is 4.88. The Bertz CT molecular complexity index is 539. The summed E-state index contributed by atoms with van der Waals surface area (Å²) in [5.41, 5.74) is -1.02. The molecule has 90 valence electrons. The second-order valence-electron chi connectivity index (χ2n) is 4.03. The van der Waals surface area contributed by atoms with Gasteiger partial charge in [-0.25, -0.2) is 13.2 Å². The standard InChI is InChI=1S/C10H14O5S/c1-6(2)5-16(13,14)9-8(11)4-7(3)15-10(9)12/h4,6,11H,5H2,1-3H3. The summed E-state index contributed by atoms with van der Waals surface area (Å²) in [4.78, 5) is 10.7. The van der Waals surface area contributed by atoms with Crippen LogP contribution in [-0.4, -0.2) is 19.3 Å². The fourth-order valence-electron chi connectivity index (χ4n) is 1.39. The summed E-state index contributed by atoms with van der Waals surface area (Å²) in [6, 6.07) is 1.12. The van der Waals surface area contributed by atoms with E-state index in [9.17, 15) is 18.3 Å². The van der Waals surface area contributed by atoms with Gasteiger partial charge in [0.2, 0.25) is 0 Å². The topological polar surface area (TPSA) is 84.6 Å². The van der Waals surface area contributed by atoms with Crippen molar-refractivity contribution in [3.63, 3.8) is 0 Å². The van der Waals surface area contributed by atoms with Crippen LogP contribution in [0.15, 0.2) is 20.2 Å². The maximum atomic E-state index is 11.8. The fraction of sp³-hybridized carbons (Fsp3) is 0.500. The average molecular weight is 246 g/mol. The van der Waals surface area contributed by atoms with Gasteiger partial charge in [-0.3, -0.25) is 0 Å². The number of sulfone groups is 1. The molecule has 5 nitrogen and oxygen atoms in total. The Hall–Kier alpha value is -1.30. The van der Waals surface area contributed by atoms with Crippen LogP contribution in [0.25, 0.3) is 0 Å². The smallest absolute Gasteiger partial charge is 0.358 e. The minimum absolute atomic E-state index is 0.134. The van der Waals surface area contributed by atoms with Crippen LogP contribution in [0.4, 0.5) is 0 Å². The summed E-state index contributed by atoms with van der Waals surface area (Å²) < 4.78 is 28.2. The Balaban J connectivity index is 3.40. The molecule has 0 aliphatic carbocycles. The van der Waals surface area contributed by atoms with Crippen LogP contribution >= 0.6 is 0 Å². The summed E-state index contributed by atoms with van der Waals surface area (Å²) >= 11 is 0. The number of rotatable bonds is 3. The minimum Gasteiger partial charge on any atom is -0.506 e. The maximum absolute atomic E-state index is 11.8. The Morgan fingerprint density at radius 2 is 2.00 bits per heavy atom. The number of hydrogen-bond donors (Lipinski definition) is 1. The van der Waals surface area contributed by atoms with Gasteiger partial charge in [0.1, 0.15) is 11.5 Å². The molecule has 0 radical (unpaired) electrons. The van der Waals surface area contributed by atoms with Gasteiger partial charge in [0.15, 0.2) is 14.7 Å². The summed E-state index contributed by atoms with van der Waals surface area (Å²) in [5, 5.41) is 9.48. The highest BCUT2D eigenvalue weighted by Gasteiger charge is 2.25. The molecular weight excluding hydrogens is 232 g/mol. The van der Waals surface area contributed by atoms with Crippen molar-refractivity contribution in [1.29, 1.82) is 0 Å². The van der Waals surface area contributed by atoms with Gasteiger partial charge in [0.05, 0.1) is 5.75 Å². The normalized spacial score (nSPS) is 12.0. The monoisotopic (exact) mass is 246 g/mol. The van der Waals surface area contributed by atoms with Gasteiger partial charge in [-0.2, -0.15) is 0 Å². The third-order valence-corrected chi connectivity index (χ3v) is 3.98. The first-order valence-corrected chi connectivity index (χ1v) is 6.45. The van der Waals surface area contributed by atoms with Crippen LogP contribution in [0.2, 0.25) is 0 Å². The second-order valence-corrected chi connectivity index (χ2v) is 6.01. The van der Waals surface area contributed by atoms with E-state index in [1.54, 1.807) is 13.8 Å². The highest BCUT2D eigenvalue weighted by Crippen LogP contribution is 2.21. The summed E-state index contributed by atoms with van der Waals surface area (Å²) in [7, 11) is -3.79. The van der Waals surface area contributed by atoms with Gasteiger partial charge in [-0.1, -0.05) is 13.8 Å². The Morgan fingerprint density at radius 1 is 1.44 bits per heavy atom. The molecule has 0 aliphatic rings. The van der Waals surface area contributed by atoms with E-state index in [2.05, 4.69) is 4.42 Å². The molecule has 1 aromatic heterocycles. The van der Waals surface area contributed by atoms with Gasteiger partial charge in [-0.05, 0) is 12.8 Å². The van der Waals surface area contributed by atoms with Crippen LogP contribution in [0.3, 0.4) is 0 Å². The molecule has 0 bridgehead atoms. The third-order valence-electron chi connectivity index (χ3n) is 1.88. The summed E-state index contributed by atoms with van der Waals surface area (Å²) in [6.07, 6.45) is 0. The van der Waals surface area contributed by atoms with E-state index in [1.807, 2.05) is 0 Å². The van der Waals surface area contributed by atoms with Gasteiger partial charge in [-0.15, -0.1) is 0 Å². The second kappa shape index (κ2) is 4.29. The van der Waals surface area contributed by atoms with Crippen LogP contribution in [0, 0.1) is 12.8 Å². The molecule has 1 N–H and O–H groups in total. The van der Waals surface area contributed by atoms with E-state index >= 15 is 0 Å². The molecule has 16 heavy (non-hydrogen) atoms. The van der Waals surface area contributed by atoms with Crippen LogP contribution < -0.4 is 5.63 Å². The van der Waals surface area contributed by atoms with Gasteiger partial charge in [0.25, 0.3) is 0 Å². The zero-order valence-electron chi connectivity index (χ0n) is 9.35. The van der Waals surface area contributed by atoms with Crippen molar-refractivity contribution in [1.82, 2.24) is 0 Å². The predicted molar refractivity (Wildman–Crippen MR) is 58.3 cm³/mol. The molecular formula is C10H14O5S. The van der Waals surface area contributed by atoms with E-state index in [1.165, 1.54) is 6.92 Å². The van der Waals surface area contributed by atoms with Crippen molar-refractivity contribution < 1.29 is 17.9 Å². The first kappa shape index (κ1) is 12.8. The molecule has 1 aromatic rings. The molecule has 0 atom stereocenters. The highest BCUT2D eigenvalue weighted by atomic mass is 32.2. The van der Waals surface area contributed by atoms with Crippen molar-refractivity contribution in [3.8, 4) is 5.75 Å². The lowest BCUT2D eigenvalue weighted by molar-refractivity contribution is 0.407. The zero-order valence-corrected chi connectivity index (χ0v) is 10.2. The molecule has 0 aliphatic heterocycles. The van der Waals surface area contributed by atoms with Crippen molar-refractivity contribution in [2.75, 3.05) is 5.75 Å². The van der Waals surface area contributed by atoms with E-state index in [4.69, 9.17) is 0 Å². The Labute approximate surface area is 93.6 Å². The predicted octanol–water partition coefficient (Wildman–Crippen LogP) is 1.08. The highest BCUT2D eigenvalue weighted by molar-refractivity contribution is 7.91. The van der Waals surface area contributed by atoms with Crippen LogP contribution in [-0.2, 0) is 9.84 Å². The Morgan fingerprint density at radius 3 is 2.44 bits per heavy atom. The average Bonchev–Trinajstić information content (AvgIpc) is 1.96. The first-order chi connectivity index (χ1) is 7.24. The zero-order chi connectivity index (χ0) is 12.5. The van der Waals surface area contributed by atoms with Crippen LogP contribution in [0.5, 0.6) is 5.75 Å². The molecule has 0 saturated heterocycles. The molecule has 0 aromatic carbocycles. The largest absolute Gasteiger partial charge is 0.506 e. The van der Waals surface area contributed by atoms with Crippen molar-refractivity contribution >= 4 is 9.84 Å². The quantitative estimate of drug-likeness (QED) is 0.862. The minimum atomic E-state index is -3.79. The lowest BCUT2D eigenvalue weighted by atomic mass is 10.3. The number of hydrogen-bond acceptors (Lipinski definition) is 5. The van der Waals surface area contributed by atoms with Gasteiger partial charge >= 0.3 is 5.63 Å². The molecule has 0 unspecified atom stereocenters. The van der Waals surface area contributed by atoms with Gasteiger partial charge < -0.3 is 9.52 Å². The number of aryl methyl sites for hydroxylation is 1. The molecule has 0 spiro atoms. The molecule has 0 amide bonds. The van der Waals surface area contributed by atoms with Crippen molar-refractivity contribution in [2.24, 2.45) is 5.92 Å². The molecule has 6 heteroatoms. The lowest BCUT2D eigenvalue weighted by Gasteiger charge is -2.07. The van der Waals surface area contributed by atoms with E-state index in [0.29, 0.717) is 0 Å². The van der Waals surface area contributed by atoms with Gasteiger partial charge in [0, 0.05) is 6.07 Å². The molecule has 1 heterocycles. The maximum Gasteiger partial charge on any atom is 0.358 e. The SMILES string of the molecule is Cc1cc(O)c(S(=O)(=O)CC(C)C)c(=O)o1. The third kappa shape index (κ3) is 2.63. The van der Waals surface area contributed by atoms with E-state index < -0.39 is 26.1 Å². The van der Waals surface area contributed by atoms with Crippen molar-refractivity contribution in [3.05, 3.63) is 22.2 Å². The van der Waals surface area contributed by atoms with E-state index in [0.717, 1.165) is 6.07 Å². The van der Waals surface area contributed by atoms with E-state index in [-0.39, 0.29) is 17.4 Å². The first-order valence-electron chi connectivity index (χ1n) is 4.80. The molecule has 0 saturated carbocycles. The number of aromatic hydroxyl groups is 1.